The molecule has 0 aliphatic heterocycles. The van der Waals surface area contributed by atoms with Crippen molar-refractivity contribution in [2.45, 2.75) is 0 Å². The van der Waals surface area contributed by atoms with Gasteiger partial charge in [-0.05, 0) is 35.9 Å². The molecule has 2 aromatic carbocycles. The van der Waals surface area contributed by atoms with E-state index in [-0.39, 0.29) is 5.56 Å². The Morgan fingerprint density at radius 3 is 2.55 bits per heavy atom. The standard InChI is InChI=1S/C17H12F2O3/c18-13-5-3-4-12(10-13)8-9-17(21)22-11-16(20)14-6-1-2-7-15(14)19/h1-10H,11H2. The van der Waals surface area contributed by atoms with E-state index in [4.69, 9.17) is 4.74 Å². The minimum atomic E-state index is -0.769. The molecule has 0 radical (unpaired) electrons. The summed E-state index contributed by atoms with van der Waals surface area (Å²) in [7, 11) is 0. The van der Waals surface area contributed by atoms with Gasteiger partial charge in [0, 0.05) is 6.08 Å². The molecule has 2 rings (SSSR count). The fraction of sp³-hybridized carbons (Fsp3) is 0.0588. The van der Waals surface area contributed by atoms with E-state index in [1.165, 1.54) is 42.5 Å². The van der Waals surface area contributed by atoms with E-state index in [2.05, 4.69) is 0 Å². The first-order valence-corrected chi connectivity index (χ1v) is 6.44. The van der Waals surface area contributed by atoms with Gasteiger partial charge in [0.15, 0.2) is 6.61 Å². The van der Waals surface area contributed by atoms with Crippen LogP contribution in [0.3, 0.4) is 0 Å². The second-order valence-electron chi connectivity index (χ2n) is 4.40. The van der Waals surface area contributed by atoms with Crippen LogP contribution in [-0.4, -0.2) is 18.4 Å². The average molecular weight is 302 g/mol. The summed E-state index contributed by atoms with van der Waals surface area (Å²) >= 11 is 0. The Hall–Kier alpha value is -2.82. The lowest BCUT2D eigenvalue weighted by atomic mass is 10.1. The molecule has 22 heavy (non-hydrogen) atoms. The van der Waals surface area contributed by atoms with Gasteiger partial charge >= 0.3 is 5.97 Å². The zero-order valence-electron chi connectivity index (χ0n) is 11.5. The smallest absolute Gasteiger partial charge is 0.331 e. The maximum absolute atomic E-state index is 13.4. The van der Waals surface area contributed by atoms with Crippen molar-refractivity contribution < 1.29 is 23.1 Å². The summed E-state index contributed by atoms with van der Waals surface area (Å²) in [5, 5.41) is 0. The van der Waals surface area contributed by atoms with Crippen molar-refractivity contribution in [3.63, 3.8) is 0 Å². The van der Waals surface area contributed by atoms with Gasteiger partial charge in [-0.3, -0.25) is 4.79 Å². The second-order valence-corrected chi connectivity index (χ2v) is 4.40. The maximum atomic E-state index is 13.4. The van der Waals surface area contributed by atoms with Crippen molar-refractivity contribution in [3.8, 4) is 0 Å². The van der Waals surface area contributed by atoms with Crippen LogP contribution in [0.25, 0.3) is 6.08 Å². The molecule has 0 N–H and O–H groups in total. The first kappa shape index (κ1) is 15.6. The Kier molecular flexibility index (Phi) is 5.14. The first-order valence-electron chi connectivity index (χ1n) is 6.44. The highest BCUT2D eigenvalue weighted by Crippen LogP contribution is 2.08. The van der Waals surface area contributed by atoms with Crippen LogP contribution < -0.4 is 0 Å². The van der Waals surface area contributed by atoms with Crippen LogP contribution in [0.2, 0.25) is 0 Å². The van der Waals surface area contributed by atoms with Gasteiger partial charge in [0.25, 0.3) is 0 Å². The molecule has 0 unspecified atom stereocenters. The third-order valence-corrected chi connectivity index (χ3v) is 2.78. The summed E-state index contributed by atoms with van der Waals surface area (Å²) in [5.41, 5.74) is 0.349. The monoisotopic (exact) mass is 302 g/mol. The van der Waals surface area contributed by atoms with Gasteiger partial charge in [0.1, 0.15) is 11.6 Å². The number of rotatable bonds is 5. The van der Waals surface area contributed by atoms with Gasteiger partial charge in [-0.1, -0.05) is 24.3 Å². The molecule has 0 heterocycles. The Morgan fingerprint density at radius 2 is 1.82 bits per heavy atom. The number of hydrogen-bond acceptors (Lipinski definition) is 3. The predicted molar refractivity (Wildman–Crippen MR) is 77.1 cm³/mol. The molecule has 0 spiro atoms. The van der Waals surface area contributed by atoms with E-state index >= 15 is 0 Å². The van der Waals surface area contributed by atoms with Crippen LogP contribution in [0, 0.1) is 11.6 Å². The highest BCUT2D eigenvalue weighted by Gasteiger charge is 2.12. The SMILES string of the molecule is O=C(C=Cc1cccc(F)c1)OCC(=O)c1ccccc1F. The molecule has 0 saturated carbocycles. The van der Waals surface area contributed by atoms with Gasteiger partial charge in [-0.2, -0.15) is 0 Å². The van der Waals surface area contributed by atoms with Crippen LogP contribution in [0.1, 0.15) is 15.9 Å². The van der Waals surface area contributed by atoms with E-state index in [1.807, 2.05) is 0 Å². The van der Waals surface area contributed by atoms with Crippen molar-refractivity contribution in [1.82, 2.24) is 0 Å². The molecule has 2 aromatic rings. The summed E-state index contributed by atoms with van der Waals surface area (Å²) in [6.07, 6.45) is 2.43. The molecule has 0 fully saturated rings. The molecule has 0 amide bonds. The summed E-state index contributed by atoms with van der Waals surface area (Å²) in [5.74, 6) is -2.50. The van der Waals surface area contributed by atoms with E-state index in [9.17, 15) is 18.4 Å². The van der Waals surface area contributed by atoms with E-state index in [0.29, 0.717) is 5.56 Å². The fourth-order valence-corrected chi connectivity index (χ4v) is 1.72. The number of halogens is 2. The second kappa shape index (κ2) is 7.26. The van der Waals surface area contributed by atoms with Crippen LogP contribution >= 0.6 is 0 Å². The summed E-state index contributed by atoms with van der Waals surface area (Å²) in [6.45, 7) is -0.562. The Labute approximate surface area is 125 Å². The largest absolute Gasteiger partial charge is 0.454 e. The molecule has 0 aliphatic carbocycles. The van der Waals surface area contributed by atoms with Gasteiger partial charge in [0.05, 0.1) is 5.56 Å². The summed E-state index contributed by atoms with van der Waals surface area (Å²) in [6, 6.07) is 11.1. The van der Waals surface area contributed by atoms with Crippen molar-refractivity contribution in [1.29, 1.82) is 0 Å². The normalized spacial score (nSPS) is 10.6. The molecule has 0 saturated heterocycles. The predicted octanol–water partition coefficient (Wildman–Crippen LogP) is 3.40. The van der Waals surface area contributed by atoms with Crippen molar-refractivity contribution in [3.05, 3.63) is 77.4 Å². The molecule has 0 atom stereocenters. The first-order chi connectivity index (χ1) is 10.6. The van der Waals surface area contributed by atoms with Crippen molar-refractivity contribution in [2.24, 2.45) is 0 Å². The maximum Gasteiger partial charge on any atom is 0.331 e. The highest BCUT2D eigenvalue weighted by atomic mass is 19.1. The van der Waals surface area contributed by atoms with Gasteiger partial charge in [-0.15, -0.1) is 0 Å². The Bertz CT molecular complexity index is 723. The van der Waals surface area contributed by atoms with Crippen molar-refractivity contribution >= 4 is 17.8 Å². The lowest BCUT2D eigenvalue weighted by Crippen LogP contribution is -2.13. The number of Topliss-reactive ketones (excluding diaryl/α,β-unsaturated/α-hetero) is 1. The highest BCUT2D eigenvalue weighted by molar-refractivity contribution is 5.99. The van der Waals surface area contributed by atoms with Crippen LogP contribution in [-0.2, 0) is 9.53 Å². The molecular formula is C17H12F2O3. The number of carbonyl (C=O) groups excluding carboxylic acids is 2. The minimum Gasteiger partial charge on any atom is -0.454 e. The quantitative estimate of drug-likeness (QED) is 0.483. The van der Waals surface area contributed by atoms with Gasteiger partial charge < -0.3 is 4.74 Å². The average Bonchev–Trinajstić information content (AvgIpc) is 2.51. The van der Waals surface area contributed by atoms with Crippen molar-refractivity contribution in [2.75, 3.05) is 6.61 Å². The Morgan fingerprint density at radius 1 is 1.05 bits per heavy atom. The van der Waals surface area contributed by atoms with E-state index in [1.54, 1.807) is 6.07 Å². The van der Waals surface area contributed by atoms with Gasteiger partial charge in [0.2, 0.25) is 5.78 Å². The fourth-order valence-electron chi connectivity index (χ4n) is 1.72. The lowest BCUT2D eigenvalue weighted by Gasteiger charge is -2.02. The number of hydrogen-bond donors (Lipinski definition) is 0. The molecule has 0 aliphatic rings. The van der Waals surface area contributed by atoms with Crippen LogP contribution in [0.15, 0.2) is 54.6 Å². The Balaban J connectivity index is 1.90. The number of ketones is 1. The summed E-state index contributed by atoms with van der Waals surface area (Å²) in [4.78, 5) is 23.2. The van der Waals surface area contributed by atoms with E-state index < -0.39 is 30.0 Å². The number of carbonyl (C=O) groups is 2. The zero-order chi connectivity index (χ0) is 15.9. The van der Waals surface area contributed by atoms with Gasteiger partial charge in [-0.25, -0.2) is 13.6 Å². The molecule has 112 valence electrons. The van der Waals surface area contributed by atoms with Crippen LogP contribution in [0.5, 0.6) is 0 Å². The molecular weight excluding hydrogens is 290 g/mol. The molecule has 3 nitrogen and oxygen atoms in total. The topological polar surface area (TPSA) is 43.4 Å². The molecule has 5 heteroatoms. The van der Waals surface area contributed by atoms with E-state index in [0.717, 1.165) is 12.1 Å². The number of ether oxygens (including phenoxy) is 1. The minimum absolute atomic E-state index is 0.135. The number of esters is 1. The molecule has 0 bridgehead atoms. The lowest BCUT2D eigenvalue weighted by molar-refractivity contribution is -0.136. The number of benzene rings is 2. The van der Waals surface area contributed by atoms with Crippen LogP contribution in [0.4, 0.5) is 8.78 Å². The zero-order valence-corrected chi connectivity index (χ0v) is 11.5. The molecule has 0 aromatic heterocycles. The third kappa shape index (κ3) is 4.34. The summed E-state index contributed by atoms with van der Waals surface area (Å²) < 4.78 is 31.0. The third-order valence-electron chi connectivity index (χ3n) is 2.78.